The Labute approximate surface area is 176 Å². The van der Waals surface area contributed by atoms with Crippen molar-refractivity contribution >= 4 is 45.0 Å². The van der Waals surface area contributed by atoms with E-state index in [2.05, 4.69) is 5.32 Å². The first kappa shape index (κ1) is 19.8. The molecule has 4 aromatic rings. The molecule has 2 heterocycles. The average molecular weight is 420 g/mol. The van der Waals surface area contributed by atoms with E-state index in [-0.39, 0.29) is 30.5 Å². The molecule has 30 heavy (non-hydrogen) atoms. The van der Waals surface area contributed by atoms with Crippen LogP contribution in [0.5, 0.6) is 0 Å². The van der Waals surface area contributed by atoms with Gasteiger partial charge in [-0.2, -0.15) is 0 Å². The molecule has 4 rings (SSSR count). The Morgan fingerprint density at radius 2 is 1.63 bits per heavy atom. The number of fused-ring (bicyclic) bond motifs is 2. The molecule has 0 spiro atoms. The maximum atomic E-state index is 12.8. The zero-order valence-corrected chi connectivity index (χ0v) is 17.1. The lowest BCUT2D eigenvalue weighted by Crippen LogP contribution is -2.31. The molecule has 152 valence electrons. The van der Waals surface area contributed by atoms with Gasteiger partial charge in [0, 0.05) is 15.6 Å². The molecule has 0 aliphatic carbocycles. The van der Waals surface area contributed by atoms with Crippen LogP contribution in [0.25, 0.3) is 21.8 Å². The SMILES string of the molecule is CC(NC(=O)COC(=O)Cn1c2ccccc2c(=O)c2ccccc21)c1cccs1. The average Bonchev–Trinajstić information content (AvgIpc) is 3.30. The number of carbonyl (C=O) groups excluding carboxylic acids is 2. The molecule has 0 aliphatic rings. The molecule has 0 fully saturated rings. The first-order valence-corrected chi connectivity index (χ1v) is 10.4. The van der Waals surface area contributed by atoms with E-state index in [1.807, 2.05) is 36.6 Å². The third kappa shape index (κ3) is 3.97. The Morgan fingerprint density at radius 3 is 2.23 bits per heavy atom. The van der Waals surface area contributed by atoms with Crippen LogP contribution < -0.4 is 10.7 Å². The summed E-state index contributed by atoms with van der Waals surface area (Å²) in [6.45, 7) is 1.42. The van der Waals surface area contributed by atoms with E-state index in [1.165, 1.54) is 0 Å². The molecule has 1 amide bonds. The van der Waals surface area contributed by atoms with E-state index < -0.39 is 5.97 Å². The van der Waals surface area contributed by atoms with Gasteiger partial charge in [-0.25, -0.2) is 0 Å². The number of esters is 1. The Bertz CT molecular complexity index is 1220. The molecule has 0 bridgehead atoms. The summed E-state index contributed by atoms with van der Waals surface area (Å²) in [6, 6.07) is 18.0. The Hall–Kier alpha value is -3.45. The third-order valence-electron chi connectivity index (χ3n) is 4.88. The van der Waals surface area contributed by atoms with Gasteiger partial charge in [-0.3, -0.25) is 14.4 Å². The molecule has 0 saturated carbocycles. The fourth-order valence-electron chi connectivity index (χ4n) is 3.46. The van der Waals surface area contributed by atoms with Gasteiger partial charge in [-0.15, -0.1) is 11.3 Å². The first-order valence-electron chi connectivity index (χ1n) is 9.53. The van der Waals surface area contributed by atoms with Gasteiger partial charge in [0.2, 0.25) is 0 Å². The van der Waals surface area contributed by atoms with E-state index in [0.717, 1.165) is 4.88 Å². The number of nitrogens with one attached hydrogen (secondary N) is 1. The minimum absolute atomic E-state index is 0.0761. The van der Waals surface area contributed by atoms with Gasteiger partial charge in [-0.05, 0) is 42.6 Å². The Morgan fingerprint density at radius 1 is 1.00 bits per heavy atom. The van der Waals surface area contributed by atoms with Gasteiger partial charge in [0.15, 0.2) is 12.0 Å². The largest absolute Gasteiger partial charge is 0.454 e. The van der Waals surface area contributed by atoms with Gasteiger partial charge >= 0.3 is 5.97 Å². The third-order valence-corrected chi connectivity index (χ3v) is 5.93. The zero-order chi connectivity index (χ0) is 21.1. The maximum absolute atomic E-state index is 12.8. The molecule has 1 atom stereocenters. The molecule has 1 unspecified atom stereocenters. The smallest absolute Gasteiger partial charge is 0.326 e. The van der Waals surface area contributed by atoms with Crippen LogP contribution in [0.4, 0.5) is 0 Å². The normalized spacial score (nSPS) is 12.0. The van der Waals surface area contributed by atoms with E-state index in [4.69, 9.17) is 4.74 Å². The van der Waals surface area contributed by atoms with Crippen molar-refractivity contribution in [2.45, 2.75) is 19.5 Å². The summed E-state index contributed by atoms with van der Waals surface area (Å²) in [7, 11) is 0. The minimum atomic E-state index is -0.548. The summed E-state index contributed by atoms with van der Waals surface area (Å²) in [5, 5.41) is 5.82. The fraction of sp³-hybridized carbons (Fsp3) is 0.174. The highest BCUT2D eigenvalue weighted by Gasteiger charge is 2.16. The van der Waals surface area contributed by atoms with Crippen LogP contribution >= 0.6 is 11.3 Å². The number of hydrogen-bond donors (Lipinski definition) is 1. The quantitative estimate of drug-likeness (QED) is 0.382. The number of ether oxygens (including phenoxy) is 1. The number of carbonyl (C=O) groups is 2. The Kier molecular flexibility index (Phi) is 5.63. The molecule has 2 aromatic heterocycles. The topological polar surface area (TPSA) is 77.4 Å². The maximum Gasteiger partial charge on any atom is 0.326 e. The highest BCUT2D eigenvalue weighted by molar-refractivity contribution is 7.10. The van der Waals surface area contributed by atoms with E-state index in [0.29, 0.717) is 21.8 Å². The molecule has 0 aliphatic heterocycles. The van der Waals surface area contributed by atoms with Gasteiger partial charge in [0.1, 0.15) is 6.54 Å². The number of amides is 1. The Balaban J connectivity index is 1.51. The lowest BCUT2D eigenvalue weighted by Gasteiger charge is -2.15. The summed E-state index contributed by atoms with van der Waals surface area (Å²) in [5.41, 5.74) is 1.22. The summed E-state index contributed by atoms with van der Waals surface area (Å²) in [6.07, 6.45) is 0. The number of nitrogens with zero attached hydrogens (tertiary/aromatic N) is 1. The van der Waals surface area contributed by atoms with Gasteiger partial charge in [0.05, 0.1) is 17.1 Å². The van der Waals surface area contributed by atoms with Crippen molar-refractivity contribution in [2.24, 2.45) is 0 Å². The molecular formula is C23H20N2O4S. The highest BCUT2D eigenvalue weighted by atomic mass is 32.1. The molecule has 7 heteroatoms. The van der Waals surface area contributed by atoms with Crippen LogP contribution in [0.15, 0.2) is 70.8 Å². The second kappa shape index (κ2) is 8.51. The van der Waals surface area contributed by atoms with Crippen LogP contribution in [-0.2, 0) is 20.9 Å². The predicted octanol–water partition coefficient (Wildman–Crippen LogP) is 3.64. The number of hydrogen-bond acceptors (Lipinski definition) is 5. The summed E-state index contributed by atoms with van der Waals surface area (Å²) < 4.78 is 6.96. The molecule has 1 N–H and O–H groups in total. The summed E-state index contributed by atoms with van der Waals surface area (Å²) >= 11 is 1.55. The molecule has 0 saturated heterocycles. The lowest BCUT2D eigenvalue weighted by molar-refractivity contribution is -0.149. The lowest BCUT2D eigenvalue weighted by atomic mass is 10.1. The number of thiophene rings is 1. The van der Waals surface area contributed by atoms with Crippen LogP contribution in [-0.4, -0.2) is 23.1 Å². The van der Waals surface area contributed by atoms with Crippen molar-refractivity contribution in [1.82, 2.24) is 9.88 Å². The second-order valence-electron chi connectivity index (χ2n) is 6.91. The molecule has 0 radical (unpaired) electrons. The zero-order valence-electron chi connectivity index (χ0n) is 16.3. The molecule has 2 aromatic carbocycles. The number of rotatable bonds is 6. The summed E-state index contributed by atoms with van der Waals surface area (Å²) in [4.78, 5) is 38.4. The van der Waals surface area contributed by atoms with Crippen LogP contribution in [0, 0.1) is 0 Å². The molecule has 6 nitrogen and oxygen atoms in total. The van der Waals surface area contributed by atoms with Crippen molar-refractivity contribution < 1.29 is 14.3 Å². The second-order valence-corrected chi connectivity index (χ2v) is 7.89. The molecular weight excluding hydrogens is 400 g/mol. The van der Waals surface area contributed by atoms with Crippen molar-refractivity contribution in [2.75, 3.05) is 6.61 Å². The standard InChI is InChI=1S/C23H20N2O4S/c1-15(20-11-6-12-30-20)24-21(26)14-29-22(27)13-25-18-9-4-2-7-16(18)23(28)17-8-3-5-10-19(17)25/h2-12,15H,13-14H2,1H3,(H,24,26). The van der Waals surface area contributed by atoms with E-state index in [1.54, 1.807) is 52.3 Å². The fourth-order valence-corrected chi connectivity index (χ4v) is 4.19. The summed E-state index contributed by atoms with van der Waals surface area (Å²) in [5.74, 6) is -0.910. The van der Waals surface area contributed by atoms with Crippen molar-refractivity contribution in [1.29, 1.82) is 0 Å². The number of pyridine rings is 1. The van der Waals surface area contributed by atoms with Crippen molar-refractivity contribution in [3.63, 3.8) is 0 Å². The van der Waals surface area contributed by atoms with Gasteiger partial charge < -0.3 is 14.6 Å². The monoisotopic (exact) mass is 420 g/mol. The van der Waals surface area contributed by atoms with Crippen molar-refractivity contribution in [3.05, 3.63) is 81.1 Å². The van der Waals surface area contributed by atoms with E-state index >= 15 is 0 Å². The number of para-hydroxylation sites is 2. The highest BCUT2D eigenvalue weighted by Crippen LogP contribution is 2.20. The minimum Gasteiger partial charge on any atom is -0.454 e. The van der Waals surface area contributed by atoms with Crippen LogP contribution in [0.2, 0.25) is 0 Å². The van der Waals surface area contributed by atoms with E-state index in [9.17, 15) is 14.4 Å². The van der Waals surface area contributed by atoms with Crippen LogP contribution in [0.3, 0.4) is 0 Å². The van der Waals surface area contributed by atoms with Crippen LogP contribution in [0.1, 0.15) is 17.8 Å². The van der Waals surface area contributed by atoms with Gasteiger partial charge in [-0.1, -0.05) is 30.3 Å². The predicted molar refractivity (Wildman–Crippen MR) is 118 cm³/mol. The van der Waals surface area contributed by atoms with Crippen molar-refractivity contribution in [3.8, 4) is 0 Å². The number of benzene rings is 2. The first-order chi connectivity index (χ1) is 14.5. The number of aromatic nitrogens is 1. The van der Waals surface area contributed by atoms with Gasteiger partial charge in [0.25, 0.3) is 5.91 Å².